The van der Waals surface area contributed by atoms with Gasteiger partial charge >= 0.3 is 0 Å². The lowest BCUT2D eigenvalue weighted by Gasteiger charge is -2.33. The summed E-state index contributed by atoms with van der Waals surface area (Å²) in [6.07, 6.45) is 2.33. The van der Waals surface area contributed by atoms with Crippen LogP contribution in [0.3, 0.4) is 0 Å². The Morgan fingerprint density at radius 1 is 1.15 bits per heavy atom. The molecule has 0 saturated carbocycles. The quantitative estimate of drug-likeness (QED) is 0.665. The molecule has 0 aromatic heterocycles. The van der Waals surface area contributed by atoms with Crippen LogP contribution in [0, 0.1) is 5.82 Å². The van der Waals surface area contributed by atoms with Crippen molar-refractivity contribution < 1.29 is 27.1 Å². The highest BCUT2D eigenvalue weighted by atomic mass is 32.2. The van der Waals surface area contributed by atoms with E-state index in [4.69, 9.17) is 4.74 Å². The number of carbonyl (C=O) groups is 2. The molecule has 34 heavy (non-hydrogen) atoms. The maximum atomic E-state index is 15.2. The summed E-state index contributed by atoms with van der Waals surface area (Å²) in [5, 5.41) is 3.04. The second-order valence-electron chi connectivity index (χ2n) is 8.49. The predicted octanol–water partition coefficient (Wildman–Crippen LogP) is 1.84. The molecule has 1 N–H and O–H groups in total. The Bertz CT molecular complexity index is 1180. The van der Waals surface area contributed by atoms with E-state index in [-0.39, 0.29) is 28.9 Å². The molecule has 0 bridgehead atoms. The maximum absolute atomic E-state index is 15.2. The number of sulfone groups is 1. The van der Waals surface area contributed by atoms with E-state index in [0.717, 1.165) is 6.26 Å². The van der Waals surface area contributed by atoms with Gasteiger partial charge in [-0.1, -0.05) is 24.3 Å². The summed E-state index contributed by atoms with van der Waals surface area (Å²) in [7, 11) is -3.50. The molecule has 2 aliphatic rings. The number of halogens is 1. The summed E-state index contributed by atoms with van der Waals surface area (Å²) in [6.45, 7) is 2.48. The Balaban J connectivity index is 1.49. The summed E-state index contributed by atoms with van der Waals surface area (Å²) in [5.41, 5.74) is 0.954. The minimum Gasteiger partial charge on any atom is -0.378 e. The predicted molar refractivity (Wildman–Crippen MR) is 126 cm³/mol. The number of carbonyl (C=O) groups excluding carboxylic acids is 2. The molecule has 182 valence electrons. The average Bonchev–Trinajstić information content (AvgIpc) is 2.83. The lowest BCUT2D eigenvalue weighted by molar-refractivity contribution is -0.134. The highest BCUT2D eigenvalue weighted by Crippen LogP contribution is 2.32. The molecule has 2 amide bonds. The van der Waals surface area contributed by atoms with Crippen molar-refractivity contribution in [2.24, 2.45) is 0 Å². The van der Waals surface area contributed by atoms with Crippen molar-refractivity contribution in [3.05, 3.63) is 48.3 Å². The SMILES string of the molecule is CS(=O)(=O)c1ccccc1-c1ccc(N2CCCC(NCC(=O)N3CCOCC3)C2=O)c(F)c1. The highest BCUT2D eigenvalue weighted by Gasteiger charge is 2.32. The minimum atomic E-state index is -3.50. The van der Waals surface area contributed by atoms with Crippen molar-refractivity contribution in [2.75, 3.05) is 50.5 Å². The number of hydrogen-bond donors (Lipinski definition) is 1. The smallest absolute Gasteiger partial charge is 0.244 e. The third-order valence-corrected chi connectivity index (χ3v) is 7.29. The molecule has 1 unspecified atom stereocenters. The van der Waals surface area contributed by atoms with Crippen LogP contribution in [-0.4, -0.2) is 76.8 Å². The second kappa shape index (κ2) is 10.2. The molecular formula is C24H28FN3O5S. The van der Waals surface area contributed by atoms with Crippen LogP contribution in [0.4, 0.5) is 10.1 Å². The zero-order valence-electron chi connectivity index (χ0n) is 19.0. The fourth-order valence-electron chi connectivity index (χ4n) is 4.36. The van der Waals surface area contributed by atoms with Gasteiger partial charge in [0.2, 0.25) is 11.8 Å². The van der Waals surface area contributed by atoms with Gasteiger partial charge in [-0.3, -0.25) is 14.9 Å². The number of ether oxygens (including phenoxy) is 1. The Morgan fingerprint density at radius 3 is 2.59 bits per heavy atom. The average molecular weight is 490 g/mol. The summed E-state index contributed by atoms with van der Waals surface area (Å²) < 4.78 is 44.7. The van der Waals surface area contributed by atoms with E-state index in [2.05, 4.69) is 5.32 Å². The van der Waals surface area contributed by atoms with E-state index in [1.54, 1.807) is 29.2 Å². The van der Waals surface area contributed by atoms with Crippen LogP contribution in [0.1, 0.15) is 12.8 Å². The van der Waals surface area contributed by atoms with E-state index in [9.17, 15) is 18.0 Å². The fraction of sp³-hybridized carbons (Fsp3) is 0.417. The van der Waals surface area contributed by atoms with Crippen LogP contribution >= 0.6 is 0 Å². The zero-order valence-corrected chi connectivity index (χ0v) is 19.8. The van der Waals surface area contributed by atoms with Crippen LogP contribution in [0.5, 0.6) is 0 Å². The van der Waals surface area contributed by atoms with Crippen LogP contribution < -0.4 is 10.2 Å². The number of anilines is 1. The Hall–Kier alpha value is -2.82. The van der Waals surface area contributed by atoms with Gasteiger partial charge in [-0.15, -0.1) is 0 Å². The monoisotopic (exact) mass is 489 g/mol. The lowest BCUT2D eigenvalue weighted by atomic mass is 10.0. The first kappa shape index (κ1) is 24.3. The number of rotatable bonds is 6. The molecule has 8 nitrogen and oxygen atoms in total. The lowest BCUT2D eigenvalue weighted by Crippen LogP contribution is -2.54. The first-order valence-corrected chi connectivity index (χ1v) is 13.1. The molecule has 2 heterocycles. The first-order chi connectivity index (χ1) is 16.3. The van der Waals surface area contributed by atoms with Gasteiger partial charge in [-0.05, 0) is 36.6 Å². The Kier molecular flexibility index (Phi) is 7.30. The summed E-state index contributed by atoms with van der Waals surface area (Å²) in [4.78, 5) is 28.7. The van der Waals surface area contributed by atoms with Gasteiger partial charge in [0.15, 0.2) is 9.84 Å². The topological polar surface area (TPSA) is 96.0 Å². The minimum absolute atomic E-state index is 0.0357. The number of benzene rings is 2. The third-order valence-electron chi connectivity index (χ3n) is 6.14. The molecule has 2 aliphatic heterocycles. The second-order valence-corrected chi connectivity index (χ2v) is 10.5. The van der Waals surface area contributed by atoms with Gasteiger partial charge in [-0.25, -0.2) is 12.8 Å². The number of piperidine rings is 1. The van der Waals surface area contributed by atoms with Gasteiger partial charge in [0.25, 0.3) is 0 Å². The van der Waals surface area contributed by atoms with Crippen LogP contribution in [0.15, 0.2) is 47.4 Å². The van der Waals surface area contributed by atoms with E-state index < -0.39 is 21.7 Å². The molecule has 2 fully saturated rings. The molecule has 2 saturated heterocycles. The molecular weight excluding hydrogens is 461 g/mol. The molecule has 2 aromatic carbocycles. The summed E-state index contributed by atoms with van der Waals surface area (Å²) in [5.74, 6) is -0.989. The zero-order chi connectivity index (χ0) is 24.3. The van der Waals surface area contributed by atoms with Crippen molar-refractivity contribution in [3.63, 3.8) is 0 Å². The molecule has 0 radical (unpaired) electrons. The number of amides is 2. The molecule has 0 spiro atoms. The molecule has 0 aliphatic carbocycles. The van der Waals surface area contributed by atoms with E-state index in [0.29, 0.717) is 56.8 Å². The van der Waals surface area contributed by atoms with E-state index >= 15 is 4.39 Å². The van der Waals surface area contributed by atoms with Crippen molar-refractivity contribution >= 4 is 27.3 Å². The van der Waals surface area contributed by atoms with Gasteiger partial charge < -0.3 is 14.5 Å². The van der Waals surface area contributed by atoms with Crippen molar-refractivity contribution in [3.8, 4) is 11.1 Å². The number of nitrogens with zero attached hydrogens (tertiary/aromatic N) is 2. The number of nitrogens with one attached hydrogen (secondary N) is 1. The standard InChI is InChI=1S/C24H28FN3O5S/c1-34(31,32)22-7-3-2-5-18(22)17-8-9-21(19(25)15-17)28-10-4-6-20(24(28)30)26-16-23(29)27-11-13-33-14-12-27/h2-3,5,7-9,15,20,26H,4,6,10-14,16H2,1H3. The number of morpholine rings is 1. The highest BCUT2D eigenvalue weighted by molar-refractivity contribution is 7.90. The van der Waals surface area contributed by atoms with E-state index in [1.807, 2.05) is 0 Å². The third kappa shape index (κ3) is 5.29. The van der Waals surface area contributed by atoms with Gasteiger partial charge in [-0.2, -0.15) is 0 Å². The normalized spacial score (nSPS) is 19.4. The van der Waals surface area contributed by atoms with E-state index in [1.165, 1.54) is 23.1 Å². The fourth-order valence-corrected chi connectivity index (χ4v) is 5.27. The van der Waals surface area contributed by atoms with Crippen molar-refractivity contribution in [1.82, 2.24) is 10.2 Å². The van der Waals surface area contributed by atoms with Crippen LogP contribution in [-0.2, 0) is 24.2 Å². The summed E-state index contributed by atoms with van der Waals surface area (Å²) >= 11 is 0. The molecule has 10 heteroatoms. The first-order valence-electron chi connectivity index (χ1n) is 11.2. The molecule has 4 rings (SSSR count). The Morgan fingerprint density at radius 2 is 1.88 bits per heavy atom. The van der Waals surface area contributed by atoms with Crippen LogP contribution in [0.25, 0.3) is 11.1 Å². The largest absolute Gasteiger partial charge is 0.378 e. The Labute approximate surface area is 198 Å². The van der Waals surface area contributed by atoms with Crippen molar-refractivity contribution in [1.29, 1.82) is 0 Å². The molecule has 1 atom stereocenters. The van der Waals surface area contributed by atoms with Crippen molar-refractivity contribution in [2.45, 2.75) is 23.8 Å². The number of hydrogen-bond acceptors (Lipinski definition) is 6. The maximum Gasteiger partial charge on any atom is 0.244 e. The van der Waals surface area contributed by atoms with Crippen LogP contribution in [0.2, 0.25) is 0 Å². The van der Waals surface area contributed by atoms with Gasteiger partial charge in [0, 0.05) is 31.5 Å². The molecule has 2 aromatic rings. The van der Waals surface area contributed by atoms with Gasteiger partial charge in [0.05, 0.1) is 36.4 Å². The van der Waals surface area contributed by atoms with Gasteiger partial charge in [0.1, 0.15) is 5.82 Å². The summed E-state index contributed by atoms with van der Waals surface area (Å²) in [6, 6.07) is 10.2.